The highest BCUT2D eigenvalue weighted by Gasteiger charge is 2.31. The second-order valence-electron chi connectivity index (χ2n) is 5.35. The molecule has 20 heavy (non-hydrogen) atoms. The van der Waals surface area contributed by atoms with E-state index in [2.05, 4.69) is 0 Å². The summed E-state index contributed by atoms with van der Waals surface area (Å²) in [6.45, 7) is 2.07. The first-order valence-corrected chi connectivity index (χ1v) is 8.67. The Morgan fingerprint density at radius 2 is 1.95 bits per heavy atom. The molecule has 1 aromatic carbocycles. The molecular weight excluding hydrogens is 296 g/mol. The summed E-state index contributed by atoms with van der Waals surface area (Å²) >= 11 is 6.03. The van der Waals surface area contributed by atoms with Gasteiger partial charge in [0.15, 0.2) is 0 Å². The minimum Gasteiger partial charge on any atom is -0.326 e. The van der Waals surface area contributed by atoms with Crippen molar-refractivity contribution in [2.45, 2.75) is 50.1 Å². The van der Waals surface area contributed by atoms with E-state index in [0.717, 1.165) is 31.2 Å². The summed E-state index contributed by atoms with van der Waals surface area (Å²) in [5, 5.41) is 0.412. The minimum atomic E-state index is -3.51. The zero-order chi connectivity index (χ0) is 14.9. The third-order valence-electron chi connectivity index (χ3n) is 4.15. The maximum Gasteiger partial charge on any atom is 0.243 e. The molecule has 0 aromatic heterocycles. The van der Waals surface area contributed by atoms with Crippen molar-refractivity contribution in [2.24, 2.45) is 5.73 Å². The van der Waals surface area contributed by atoms with Gasteiger partial charge in [0.05, 0.1) is 4.90 Å². The molecule has 1 aliphatic carbocycles. The van der Waals surface area contributed by atoms with E-state index in [-0.39, 0.29) is 17.5 Å². The quantitative estimate of drug-likeness (QED) is 0.929. The average Bonchev–Trinajstić information content (AvgIpc) is 2.93. The molecule has 0 saturated heterocycles. The van der Waals surface area contributed by atoms with Gasteiger partial charge in [0.2, 0.25) is 10.0 Å². The van der Waals surface area contributed by atoms with Gasteiger partial charge >= 0.3 is 0 Å². The van der Waals surface area contributed by atoms with Crippen LogP contribution in [0.3, 0.4) is 0 Å². The molecule has 0 bridgehead atoms. The summed E-state index contributed by atoms with van der Waals surface area (Å²) in [7, 11) is -1.85. The number of nitrogens with two attached hydrogens (primary N) is 1. The predicted molar refractivity (Wildman–Crippen MR) is 81.3 cm³/mol. The molecule has 0 radical (unpaired) electrons. The van der Waals surface area contributed by atoms with E-state index in [1.807, 2.05) is 0 Å². The van der Waals surface area contributed by atoms with Gasteiger partial charge in [-0.05, 0) is 43.0 Å². The van der Waals surface area contributed by atoms with E-state index in [0.29, 0.717) is 10.6 Å². The highest BCUT2D eigenvalue weighted by Crippen LogP contribution is 2.31. The van der Waals surface area contributed by atoms with Gasteiger partial charge in [-0.3, -0.25) is 0 Å². The first kappa shape index (κ1) is 15.8. The largest absolute Gasteiger partial charge is 0.326 e. The molecule has 1 aliphatic rings. The van der Waals surface area contributed by atoms with Crippen LogP contribution in [0.25, 0.3) is 0 Å². The van der Waals surface area contributed by atoms with Crippen LogP contribution >= 0.6 is 11.6 Å². The minimum absolute atomic E-state index is 0.0970. The van der Waals surface area contributed by atoms with Crippen molar-refractivity contribution >= 4 is 21.6 Å². The third kappa shape index (κ3) is 2.86. The second-order valence-corrected chi connectivity index (χ2v) is 7.75. The van der Waals surface area contributed by atoms with Gasteiger partial charge in [0, 0.05) is 24.7 Å². The highest BCUT2D eigenvalue weighted by molar-refractivity contribution is 7.89. The Hall–Kier alpha value is -0.620. The van der Waals surface area contributed by atoms with Gasteiger partial charge < -0.3 is 5.73 Å². The lowest BCUT2D eigenvalue weighted by Gasteiger charge is -2.25. The standard InChI is InChI=1S/C14H21ClN2O2S/c1-10-11(9-16)7-12(15)8-14(10)20(18,19)17(2)13-5-3-4-6-13/h7-8,13H,3-6,9,16H2,1-2H3. The molecule has 0 unspecified atom stereocenters. The van der Waals surface area contributed by atoms with Crippen molar-refractivity contribution < 1.29 is 8.42 Å². The maximum atomic E-state index is 12.8. The summed E-state index contributed by atoms with van der Waals surface area (Å²) in [5.74, 6) is 0. The van der Waals surface area contributed by atoms with Crippen molar-refractivity contribution in [2.75, 3.05) is 7.05 Å². The lowest BCUT2D eigenvalue weighted by molar-refractivity contribution is 0.372. The number of rotatable bonds is 4. The summed E-state index contributed by atoms with van der Waals surface area (Å²) in [6, 6.07) is 3.35. The van der Waals surface area contributed by atoms with E-state index in [1.165, 1.54) is 10.4 Å². The summed E-state index contributed by atoms with van der Waals surface area (Å²) in [4.78, 5) is 0.278. The molecular formula is C14H21ClN2O2S. The zero-order valence-electron chi connectivity index (χ0n) is 11.9. The van der Waals surface area contributed by atoms with E-state index in [9.17, 15) is 8.42 Å². The van der Waals surface area contributed by atoms with Crippen molar-refractivity contribution in [1.82, 2.24) is 4.31 Å². The third-order valence-corrected chi connectivity index (χ3v) is 6.40. The van der Waals surface area contributed by atoms with E-state index < -0.39 is 10.0 Å². The van der Waals surface area contributed by atoms with Gasteiger partial charge in [-0.15, -0.1) is 0 Å². The van der Waals surface area contributed by atoms with Crippen LogP contribution in [0.1, 0.15) is 36.8 Å². The molecule has 0 atom stereocenters. The molecule has 0 heterocycles. The van der Waals surface area contributed by atoms with Crippen LogP contribution in [-0.2, 0) is 16.6 Å². The van der Waals surface area contributed by atoms with Gasteiger partial charge in [0.1, 0.15) is 0 Å². The Balaban J connectivity index is 2.45. The monoisotopic (exact) mass is 316 g/mol. The topological polar surface area (TPSA) is 63.4 Å². The van der Waals surface area contributed by atoms with Crippen molar-refractivity contribution in [3.63, 3.8) is 0 Å². The summed E-state index contributed by atoms with van der Waals surface area (Å²) in [6.07, 6.45) is 4.04. The van der Waals surface area contributed by atoms with Crippen LogP contribution < -0.4 is 5.73 Å². The normalized spacial score (nSPS) is 17.1. The molecule has 112 valence electrons. The van der Waals surface area contributed by atoms with Crippen LogP contribution in [0.2, 0.25) is 5.02 Å². The Bertz CT molecular complexity index is 595. The number of hydrogen-bond acceptors (Lipinski definition) is 3. The Morgan fingerprint density at radius 3 is 2.50 bits per heavy atom. The van der Waals surface area contributed by atoms with Gasteiger partial charge in [-0.25, -0.2) is 8.42 Å². The fourth-order valence-electron chi connectivity index (χ4n) is 2.81. The number of hydrogen-bond donors (Lipinski definition) is 1. The Kier molecular flexibility index (Phi) is 4.74. The molecule has 2 N–H and O–H groups in total. The Labute approximate surface area is 126 Å². The van der Waals surface area contributed by atoms with E-state index in [1.54, 1.807) is 20.0 Å². The second kappa shape index (κ2) is 6.02. The number of nitrogens with zero attached hydrogens (tertiary/aromatic N) is 1. The lowest BCUT2D eigenvalue weighted by Crippen LogP contribution is -2.35. The van der Waals surface area contributed by atoms with Gasteiger partial charge in [-0.2, -0.15) is 4.31 Å². The van der Waals surface area contributed by atoms with Crippen LogP contribution in [0.15, 0.2) is 17.0 Å². The molecule has 0 aliphatic heterocycles. The average molecular weight is 317 g/mol. The van der Waals surface area contributed by atoms with Gasteiger partial charge in [-0.1, -0.05) is 24.4 Å². The van der Waals surface area contributed by atoms with Crippen LogP contribution in [0, 0.1) is 6.92 Å². The SMILES string of the molecule is Cc1c(CN)cc(Cl)cc1S(=O)(=O)N(C)C1CCCC1. The molecule has 6 heteroatoms. The molecule has 1 fully saturated rings. The van der Waals surface area contributed by atoms with E-state index in [4.69, 9.17) is 17.3 Å². The first-order valence-electron chi connectivity index (χ1n) is 6.85. The van der Waals surface area contributed by atoms with Crippen LogP contribution in [0.5, 0.6) is 0 Å². The van der Waals surface area contributed by atoms with Crippen LogP contribution in [-0.4, -0.2) is 25.8 Å². The smallest absolute Gasteiger partial charge is 0.243 e. The molecule has 1 saturated carbocycles. The molecule has 2 rings (SSSR count). The van der Waals surface area contributed by atoms with Crippen LogP contribution in [0.4, 0.5) is 0 Å². The van der Waals surface area contributed by atoms with Gasteiger partial charge in [0.25, 0.3) is 0 Å². The Morgan fingerprint density at radius 1 is 1.35 bits per heavy atom. The fourth-order valence-corrected chi connectivity index (χ4v) is 4.82. The van der Waals surface area contributed by atoms with E-state index >= 15 is 0 Å². The van der Waals surface area contributed by atoms with Crippen molar-refractivity contribution in [1.29, 1.82) is 0 Å². The summed E-state index contributed by atoms with van der Waals surface area (Å²) in [5.41, 5.74) is 7.13. The molecule has 0 spiro atoms. The predicted octanol–water partition coefficient (Wildman–Crippen LogP) is 2.67. The lowest BCUT2D eigenvalue weighted by atomic mass is 10.1. The van der Waals surface area contributed by atoms with Crippen molar-refractivity contribution in [3.8, 4) is 0 Å². The molecule has 0 amide bonds. The summed E-state index contributed by atoms with van der Waals surface area (Å²) < 4.78 is 27.1. The zero-order valence-corrected chi connectivity index (χ0v) is 13.5. The van der Waals surface area contributed by atoms with Crippen molar-refractivity contribution in [3.05, 3.63) is 28.3 Å². The molecule has 1 aromatic rings. The number of halogens is 1. The first-order chi connectivity index (χ1) is 9.37. The number of benzene rings is 1. The molecule has 4 nitrogen and oxygen atoms in total. The fraction of sp³-hybridized carbons (Fsp3) is 0.571. The maximum absolute atomic E-state index is 12.8. The number of sulfonamides is 1. The highest BCUT2D eigenvalue weighted by atomic mass is 35.5.